The van der Waals surface area contributed by atoms with Gasteiger partial charge in [-0.2, -0.15) is 4.98 Å². The van der Waals surface area contributed by atoms with E-state index in [4.69, 9.17) is 0 Å². The lowest BCUT2D eigenvalue weighted by Gasteiger charge is -2.39. The second kappa shape index (κ2) is 8.10. The normalized spacial score (nSPS) is 19.5. The third kappa shape index (κ3) is 3.90. The van der Waals surface area contributed by atoms with Gasteiger partial charge in [-0.15, -0.1) is 0 Å². The minimum absolute atomic E-state index is 0.0484. The summed E-state index contributed by atoms with van der Waals surface area (Å²) in [5.74, 6) is 0.0905. The van der Waals surface area contributed by atoms with Gasteiger partial charge in [0.1, 0.15) is 5.65 Å². The average Bonchev–Trinajstić information content (AvgIpc) is 3.16. The second-order valence-electron chi connectivity index (χ2n) is 8.14. The predicted molar refractivity (Wildman–Crippen MR) is 114 cm³/mol. The molecule has 3 aromatic heterocycles. The first-order valence-electron chi connectivity index (χ1n) is 10.5. The molecule has 0 aromatic carbocycles. The van der Waals surface area contributed by atoms with E-state index in [9.17, 15) is 9.18 Å². The molecule has 2 aliphatic rings. The molecule has 2 aliphatic heterocycles. The minimum Gasteiger partial charge on any atom is -0.352 e. The number of pyridine rings is 1. The monoisotopic (exact) mass is 424 g/mol. The number of nitrogens with one attached hydrogen (secondary N) is 2. The molecule has 31 heavy (non-hydrogen) atoms. The molecule has 5 heterocycles. The number of aromatic nitrogens is 4. The van der Waals surface area contributed by atoms with Crippen molar-refractivity contribution in [3.8, 4) is 0 Å². The van der Waals surface area contributed by atoms with Crippen LogP contribution in [-0.2, 0) is 11.3 Å². The Hall–Kier alpha value is -3.27. The van der Waals surface area contributed by atoms with Crippen molar-refractivity contribution in [1.82, 2.24) is 30.0 Å². The SMILES string of the molecule is CC1CN(c2ncc(F)c(N3CC(C(=O)NCc4cnc5ccccn45)C3)n2)CCN1. The van der Waals surface area contributed by atoms with E-state index in [0.29, 0.717) is 31.6 Å². The molecule has 2 N–H and O–H groups in total. The standard InChI is InChI=1S/C21H25FN8O/c1-14-11-28(7-5-23-14)21-26-10-17(22)19(27-21)29-12-15(13-29)20(31)25-9-16-8-24-18-4-2-3-6-30(16)18/h2-4,6,8,10,14-15,23H,5,7,9,11-13H2,1H3,(H,25,31). The summed E-state index contributed by atoms with van der Waals surface area (Å²) >= 11 is 0. The van der Waals surface area contributed by atoms with Gasteiger partial charge in [0.05, 0.1) is 30.6 Å². The van der Waals surface area contributed by atoms with Gasteiger partial charge in [0.2, 0.25) is 11.9 Å². The Morgan fingerprint density at radius 3 is 2.94 bits per heavy atom. The van der Waals surface area contributed by atoms with E-state index in [1.165, 1.54) is 6.20 Å². The van der Waals surface area contributed by atoms with Crippen LogP contribution in [0.2, 0.25) is 0 Å². The molecule has 2 saturated heterocycles. The van der Waals surface area contributed by atoms with E-state index < -0.39 is 5.82 Å². The van der Waals surface area contributed by atoms with Gasteiger partial charge in [-0.1, -0.05) is 6.07 Å². The summed E-state index contributed by atoms with van der Waals surface area (Å²) in [6.45, 7) is 5.77. The number of carbonyl (C=O) groups is 1. The summed E-state index contributed by atoms with van der Waals surface area (Å²) in [5, 5.41) is 6.34. The van der Waals surface area contributed by atoms with Crippen LogP contribution in [0.25, 0.3) is 5.65 Å². The number of anilines is 2. The van der Waals surface area contributed by atoms with Crippen LogP contribution in [-0.4, -0.2) is 64.0 Å². The van der Waals surface area contributed by atoms with Gasteiger partial charge in [-0.05, 0) is 19.1 Å². The molecule has 0 aliphatic carbocycles. The highest BCUT2D eigenvalue weighted by molar-refractivity contribution is 5.81. The first kappa shape index (κ1) is 19.7. The maximum atomic E-state index is 14.4. The van der Waals surface area contributed by atoms with Gasteiger partial charge in [0.15, 0.2) is 11.6 Å². The van der Waals surface area contributed by atoms with Crippen LogP contribution in [0.5, 0.6) is 0 Å². The number of nitrogens with zero attached hydrogens (tertiary/aromatic N) is 6. The number of carbonyl (C=O) groups excluding carboxylic acids is 1. The molecule has 0 bridgehead atoms. The van der Waals surface area contributed by atoms with Gasteiger partial charge in [0, 0.05) is 45.0 Å². The Balaban J connectivity index is 1.19. The molecule has 0 spiro atoms. The van der Waals surface area contributed by atoms with E-state index in [1.54, 1.807) is 11.1 Å². The number of amides is 1. The molecule has 162 valence electrons. The van der Waals surface area contributed by atoms with Crippen molar-refractivity contribution in [2.75, 3.05) is 42.5 Å². The summed E-state index contributed by atoms with van der Waals surface area (Å²) in [6.07, 6.45) is 4.91. The fourth-order valence-electron chi connectivity index (χ4n) is 4.09. The zero-order valence-electron chi connectivity index (χ0n) is 17.3. The Morgan fingerprint density at radius 2 is 2.10 bits per heavy atom. The Morgan fingerprint density at radius 1 is 1.23 bits per heavy atom. The summed E-state index contributed by atoms with van der Waals surface area (Å²) < 4.78 is 16.3. The van der Waals surface area contributed by atoms with E-state index in [2.05, 4.69) is 37.4 Å². The third-order valence-corrected chi connectivity index (χ3v) is 5.85. The highest BCUT2D eigenvalue weighted by atomic mass is 19.1. The summed E-state index contributed by atoms with van der Waals surface area (Å²) in [5.41, 5.74) is 1.76. The molecule has 3 aromatic rings. The Kier molecular flexibility index (Phi) is 5.14. The largest absolute Gasteiger partial charge is 0.352 e. The molecule has 1 amide bonds. The highest BCUT2D eigenvalue weighted by Crippen LogP contribution is 2.27. The van der Waals surface area contributed by atoms with Crippen LogP contribution in [0.4, 0.5) is 16.2 Å². The molecule has 0 saturated carbocycles. The third-order valence-electron chi connectivity index (χ3n) is 5.85. The van der Waals surface area contributed by atoms with Gasteiger partial charge in [-0.25, -0.2) is 14.4 Å². The predicted octanol–water partition coefficient (Wildman–Crippen LogP) is 0.814. The van der Waals surface area contributed by atoms with Crippen molar-refractivity contribution in [2.24, 2.45) is 5.92 Å². The quantitative estimate of drug-likeness (QED) is 0.627. The summed E-state index contributed by atoms with van der Waals surface area (Å²) in [7, 11) is 0. The molecule has 5 rings (SSSR count). The fraction of sp³-hybridized carbons (Fsp3) is 0.429. The lowest BCUT2D eigenvalue weighted by molar-refractivity contribution is -0.125. The topological polar surface area (TPSA) is 90.7 Å². The second-order valence-corrected chi connectivity index (χ2v) is 8.14. The average molecular weight is 424 g/mol. The zero-order chi connectivity index (χ0) is 21.4. The van der Waals surface area contributed by atoms with Crippen molar-refractivity contribution in [2.45, 2.75) is 19.5 Å². The van der Waals surface area contributed by atoms with Crippen LogP contribution in [0.3, 0.4) is 0 Å². The molecule has 1 atom stereocenters. The maximum Gasteiger partial charge on any atom is 0.227 e. The lowest BCUT2D eigenvalue weighted by atomic mass is 9.99. The molecular formula is C21H25FN8O. The number of piperazine rings is 1. The molecule has 0 radical (unpaired) electrons. The fourth-order valence-corrected chi connectivity index (χ4v) is 4.09. The van der Waals surface area contributed by atoms with Crippen LogP contribution < -0.4 is 20.4 Å². The van der Waals surface area contributed by atoms with Gasteiger partial charge in [-0.3, -0.25) is 4.79 Å². The number of fused-ring (bicyclic) bond motifs is 1. The van der Waals surface area contributed by atoms with Crippen molar-refractivity contribution in [3.05, 3.63) is 48.3 Å². The van der Waals surface area contributed by atoms with Crippen molar-refractivity contribution in [3.63, 3.8) is 0 Å². The van der Waals surface area contributed by atoms with E-state index >= 15 is 0 Å². The highest BCUT2D eigenvalue weighted by Gasteiger charge is 2.35. The smallest absolute Gasteiger partial charge is 0.227 e. The summed E-state index contributed by atoms with van der Waals surface area (Å²) in [6, 6.07) is 6.10. The van der Waals surface area contributed by atoms with E-state index in [0.717, 1.165) is 31.0 Å². The van der Waals surface area contributed by atoms with E-state index in [-0.39, 0.29) is 17.6 Å². The molecule has 1 unspecified atom stereocenters. The molecular weight excluding hydrogens is 399 g/mol. The van der Waals surface area contributed by atoms with E-state index in [1.807, 2.05) is 28.8 Å². The van der Waals surface area contributed by atoms with Crippen molar-refractivity contribution in [1.29, 1.82) is 0 Å². The van der Waals surface area contributed by atoms with Crippen LogP contribution in [0.15, 0.2) is 36.8 Å². The van der Waals surface area contributed by atoms with Crippen LogP contribution in [0, 0.1) is 11.7 Å². The maximum absolute atomic E-state index is 14.4. The number of hydrogen-bond acceptors (Lipinski definition) is 7. The molecule has 9 nitrogen and oxygen atoms in total. The molecule has 10 heteroatoms. The Bertz CT molecular complexity index is 1100. The van der Waals surface area contributed by atoms with Crippen LogP contribution >= 0.6 is 0 Å². The van der Waals surface area contributed by atoms with Crippen LogP contribution in [0.1, 0.15) is 12.6 Å². The lowest BCUT2D eigenvalue weighted by Crippen LogP contribution is -2.54. The van der Waals surface area contributed by atoms with Crippen molar-refractivity contribution >= 4 is 23.3 Å². The Labute approximate surface area is 179 Å². The zero-order valence-corrected chi connectivity index (χ0v) is 17.3. The molecule has 2 fully saturated rings. The number of rotatable bonds is 5. The van der Waals surface area contributed by atoms with Gasteiger partial charge < -0.3 is 24.8 Å². The minimum atomic E-state index is -0.462. The van der Waals surface area contributed by atoms with Gasteiger partial charge >= 0.3 is 0 Å². The number of imidazole rings is 1. The first-order valence-corrected chi connectivity index (χ1v) is 10.5. The van der Waals surface area contributed by atoms with Crippen molar-refractivity contribution < 1.29 is 9.18 Å². The van der Waals surface area contributed by atoms with Gasteiger partial charge in [0.25, 0.3) is 0 Å². The summed E-state index contributed by atoms with van der Waals surface area (Å²) in [4.78, 5) is 29.4. The number of hydrogen-bond donors (Lipinski definition) is 2. The first-order chi connectivity index (χ1) is 15.1. The number of halogens is 1.